The molecule has 0 bridgehead atoms. The molecule has 150 valence electrons. The second kappa shape index (κ2) is 7.48. The fourth-order valence-corrected chi connectivity index (χ4v) is 3.89. The number of rotatable bonds is 5. The molecule has 3 aliphatic rings. The summed E-state index contributed by atoms with van der Waals surface area (Å²) in [5.41, 5.74) is -0.622. The largest absolute Gasteiger partial charge is 0.444 e. The SMILES string of the molecule is CCCN1C(=O)NC2N=C(C3CCCC3)N(COC(=O)C(C)(C)C)C2C1=O. The van der Waals surface area contributed by atoms with Crippen molar-refractivity contribution in [1.82, 2.24) is 15.1 Å². The fraction of sp³-hybridized carbons (Fsp3) is 0.789. The van der Waals surface area contributed by atoms with Crippen molar-refractivity contribution in [2.24, 2.45) is 16.3 Å². The molecule has 3 rings (SSSR count). The number of amides is 3. The van der Waals surface area contributed by atoms with E-state index in [0.717, 1.165) is 31.5 Å². The third-order valence-corrected chi connectivity index (χ3v) is 5.35. The van der Waals surface area contributed by atoms with E-state index in [2.05, 4.69) is 10.3 Å². The minimum atomic E-state index is -0.641. The second-order valence-corrected chi connectivity index (χ2v) is 8.58. The van der Waals surface area contributed by atoms with Gasteiger partial charge in [-0.1, -0.05) is 19.8 Å². The molecule has 2 atom stereocenters. The number of esters is 1. The molecule has 27 heavy (non-hydrogen) atoms. The number of amidine groups is 1. The first-order valence-corrected chi connectivity index (χ1v) is 9.87. The first kappa shape index (κ1) is 19.6. The Hall–Kier alpha value is -2.12. The van der Waals surface area contributed by atoms with E-state index in [4.69, 9.17) is 4.74 Å². The Morgan fingerprint density at radius 2 is 1.93 bits per heavy atom. The average molecular weight is 378 g/mol. The Balaban J connectivity index is 1.83. The lowest BCUT2D eigenvalue weighted by Crippen LogP contribution is -2.65. The first-order valence-electron chi connectivity index (χ1n) is 9.87. The van der Waals surface area contributed by atoms with Crippen LogP contribution in [-0.4, -0.2) is 59.0 Å². The highest BCUT2D eigenvalue weighted by Crippen LogP contribution is 2.33. The van der Waals surface area contributed by atoms with Crippen LogP contribution in [-0.2, 0) is 14.3 Å². The van der Waals surface area contributed by atoms with Crippen molar-refractivity contribution in [2.45, 2.75) is 72.0 Å². The Morgan fingerprint density at radius 3 is 2.52 bits per heavy atom. The summed E-state index contributed by atoms with van der Waals surface area (Å²) in [5.74, 6) is 0.438. The van der Waals surface area contributed by atoms with Crippen LogP contribution in [0, 0.1) is 11.3 Å². The minimum absolute atomic E-state index is 0.0197. The van der Waals surface area contributed by atoms with E-state index in [1.807, 2.05) is 6.92 Å². The molecule has 8 nitrogen and oxygen atoms in total. The summed E-state index contributed by atoms with van der Waals surface area (Å²) in [5, 5.41) is 2.84. The van der Waals surface area contributed by atoms with E-state index in [1.54, 1.807) is 25.7 Å². The third-order valence-electron chi connectivity index (χ3n) is 5.35. The van der Waals surface area contributed by atoms with E-state index < -0.39 is 23.7 Å². The van der Waals surface area contributed by atoms with Gasteiger partial charge in [-0.2, -0.15) is 0 Å². The van der Waals surface area contributed by atoms with E-state index in [0.29, 0.717) is 13.0 Å². The van der Waals surface area contributed by atoms with Gasteiger partial charge in [-0.05, 0) is 40.0 Å². The molecule has 8 heteroatoms. The zero-order valence-corrected chi connectivity index (χ0v) is 16.7. The third kappa shape index (κ3) is 3.80. The summed E-state index contributed by atoms with van der Waals surface area (Å²) < 4.78 is 5.52. The van der Waals surface area contributed by atoms with Gasteiger partial charge in [0.15, 0.2) is 18.9 Å². The van der Waals surface area contributed by atoms with Gasteiger partial charge in [0.1, 0.15) is 5.84 Å². The maximum absolute atomic E-state index is 13.0. The molecule has 0 aromatic heterocycles. The van der Waals surface area contributed by atoms with Gasteiger partial charge in [-0.3, -0.25) is 14.5 Å². The smallest absolute Gasteiger partial charge is 0.325 e. The highest BCUT2D eigenvalue weighted by Gasteiger charge is 2.50. The van der Waals surface area contributed by atoms with Crippen molar-refractivity contribution in [1.29, 1.82) is 0 Å². The van der Waals surface area contributed by atoms with E-state index in [1.165, 1.54) is 4.90 Å². The fourth-order valence-electron chi connectivity index (χ4n) is 3.89. The lowest BCUT2D eigenvalue weighted by Gasteiger charge is -2.37. The van der Waals surface area contributed by atoms with Gasteiger partial charge < -0.3 is 15.0 Å². The molecular weight excluding hydrogens is 348 g/mol. The molecule has 2 heterocycles. The molecule has 2 aliphatic heterocycles. The van der Waals surface area contributed by atoms with Gasteiger partial charge in [0.25, 0.3) is 5.91 Å². The summed E-state index contributed by atoms with van der Waals surface area (Å²) in [6.45, 7) is 7.65. The summed E-state index contributed by atoms with van der Waals surface area (Å²) in [6.07, 6.45) is 4.33. The molecule has 1 N–H and O–H groups in total. The number of hydrogen-bond donors (Lipinski definition) is 1. The summed E-state index contributed by atoms with van der Waals surface area (Å²) in [7, 11) is 0. The van der Waals surface area contributed by atoms with Crippen LogP contribution in [0.15, 0.2) is 4.99 Å². The number of carbonyl (C=O) groups excluding carboxylic acids is 3. The number of fused-ring (bicyclic) bond motifs is 1. The minimum Gasteiger partial charge on any atom is -0.444 e. The average Bonchev–Trinajstić information content (AvgIpc) is 3.22. The van der Waals surface area contributed by atoms with Crippen LogP contribution in [0.3, 0.4) is 0 Å². The standard InChI is InChI=1S/C19H30N4O4/c1-5-10-22-16(24)13-14(21-18(22)26)20-15(12-8-6-7-9-12)23(13)11-27-17(25)19(2,3)4/h12-14H,5-11H2,1-4H3,(H,21,26). The quantitative estimate of drug-likeness (QED) is 0.740. The van der Waals surface area contributed by atoms with Gasteiger partial charge in [0.2, 0.25) is 0 Å². The van der Waals surface area contributed by atoms with E-state index >= 15 is 0 Å². The van der Waals surface area contributed by atoms with E-state index in [9.17, 15) is 14.4 Å². The molecule has 1 saturated carbocycles. The van der Waals surface area contributed by atoms with Crippen LogP contribution in [0.1, 0.15) is 59.8 Å². The normalized spacial score (nSPS) is 26.1. The predicted octanol–water partition coefficient (Wildman–Crippen LogP) is 2.09. The van der Waals surface area contributed by atoms with Gasteiger partial charge in [-0.15, -0.1) is 0 Å². The monoisotopic (exact) mass is 378 g/mol. The van der Waals surface area contributed by atoms with Crippen molar-refractivity contribution >= 4 is 23.7 Å². The van der Waals surface area contributed by atoms with Crippen molar-refractivity contribution in [3.05, 3.63) is 0 Å². The number of nitrogens with one attached hydrogen (secondary N) is 1. The molecule has 0 radical (unpaired) electrons. The van der Waals surface area contributed by atoms with Gasteiger partial charge in [-0.25, -0.2) is 9.79 Å². The molecule has 2 unspecified atom stereocenters. The van der Waals surface area contributed by atoms with E-state index in [-0.39, 0.29) is 24.5 Å². The Labute approximate surface area is 160 Å². The maximum Gasteiger partial charge on any atom is 0.325 e. The number of imide groups is 1. The van der Waals surface area contributed by atoms with Crippen LogP contribution in [0.4, 0.5) is 4.79 Å². The van der Waals surface area contributed by atoms with Crippen LogP contribution in [0.25, 0.3) is 0 Å². The number of aliphatic imine (C=N–C) groups is 1. The Kier molecular flexibility index (Phi) is 5.44. The van der Waals surface area contributed by atoms with Crippen LogP contribution < -0.4 is 5.32 Å². The molecule has 0 aromatic carbocycles. The van der Waals surface area contributed by atoms with Gasteiger partial charge in [0.05, 0.1) is 5.41 Å². The van der Waals surface area contributed by atoms with Crippen molar-refractivity contribution in [3.8, 4) is 0 Å². The summed E-state index contributed by atoms with van der Waals surface area (Å²) in [4.78, 5) is 45.3. The Morgan fingerprint density at radius 1 is 1.26 bits per heavy atom. The molecule has 2 fully saturated rings. The van der Waals surface area contributed by atoms with Gasteiger partial charge >= 0.3 is 12.0 Å². The number of ether oxygens (including phenoxy) is 1. The van der Waals surface area contributed by atoms with Crippen molar-refractivity contribution in [3.63, 3.8) is 0 Å². The lowest BCUT2D eigenvalue weighted by atomic mass is 9.97. The van der Waals surface area contributed by atoms with Crippen LogP contribution >= 0.6 is 0 Å². The van der Waals surface area contributed by atoms with Crippen LogP contribution in [0.2, 0.25) is 0 Å². The molecule has 3 amide bonds. The number of nitrogens with zero attached hydrogens (tertiary/aromatic N) is 3. The molecule has 0 aromatic rings. The van der Waals surface area contributed by atoms with Crippen molar-refractivity contribution in [2.75, 3.05) is 13.3 Å². The van der Waals surface area contributed by atoms with Crippen LogP contribution in [0.5, 0.6) is 0 Å². The zero-order valence-electron chi connectivity index (χ0n) is 16.7. The highest BCUT2D eigenvalue weighted by atomic mass is 16.5. The Bertz CT molecular complexity index is 649. The number of urea groups is 1. The van der Waals surface area contributed by atoms with Crippen molar-refractivity contribution < 1.29 is 19.1 Å². The summed E-state index contributed by atoms with van der Waals surface area (Å²) >= 11 is 0. The maximum atomic E-state index is 13.0. The first-order chi connectivity index (χ1) is 12.7. The molecule has 1 saturated heterocycles. The molecule has 1 aliphatic carbocycles. The predicted molar refractivity (Wildman–Crippen MR) is 99.8 cm³/mol. The zero-order chi connectivity index (χ0) is 19.8. The number of carbonyl (C=O) groups is 3. The lowest BCUT2D eigenvalue weighted by molar-refractivity contribution is -0.158. The van der Waals surface area contributed by atoms with Gasteiger partial charge in [0, 0.05) is 12.5 Å². The molecular formula is C19H30N4O4. The molecule has 0 spiro atoms. The highest BCUT2D eigenvalue weighted by molar-refractivity contribution is 6.04. The second-order valence-electron chi connectivity index (χ2n) is 8.58. The summed E-state index contributed by atoms with van der Waals surface area (Å²) in [6, 6.07) is -1.04. The number of hydrogen-bond acceptors (Lipinski definition) is 6. The topological polar surface area (TPSA) is 91.3 Å².